The van der Waals surface area contributed by atoms with Crippen molar-refractivity contribution in [3.05, 3.63) is 53.9 Å². The number of hydrogen-bond acceptors (Lipinski definition) is 6. The van der Waals surface area contributed by atoms with Gasteiger partial charge in [-0.15, -0.1) is 0 Å². The molecule has 0 fully saturated rings. The third kappa shape index (κ3) is 7.26. The predicted molar refractivity (Wildman–Crippen MR) is 137 cm³/mol. The highest BCUT2D eigenvalue weighted by Crippen LogP contribution is 2.27. The Hall–Kier alpha value is -2.97. The summed E-state index contributed by atoms with van der Waals surface area (Å²) in [6, 6.07) is 9.34. The molecule has 8 nitrogen and oxygen atoms in total. The first-order chi connectivity index (χ1) is 16.8. The van der Waals surface area contributed by atoms with Gasteiger partial charge in [0.2, 0.25) is 5.91 Å². The molecule has 0 spiro atoms. The van der Waals surface area contributed by atoms with E-state index >= 15 is 0 Å². The van der Waals surface area contributed by atoms with Crippen LogP contribution in [0.2, 0.25) is 0 Å². The smallest absolute Gasteiger partial charge is 0.257 e. The molecule has 190 valence electrons. The Morgan fingerprint density at radius 3 is 2.63 bits per heavy atom. The number of amides is 2. The van der Waals surface area contributed by atoms with E-state index in [1.165, 1.54) is 5.56 Å². The molecule has 3 atom stereocenters. The Bertz CT molecular complexity index is 984. The van der Waals surface area contributed by atoms with Crippen LogP contribution < -0.4 is 10.1 Å². The molecule has 0 radical (unpaired) electrons. The summed E-state index contributed by atoms with van der Waals surface area (Å²) < 4.78 is 12.1. The number of rotatable bonds is 6. The van der Waals surface area contributed by atoms with Crippen molar-refractivity contribution < 1.29 is 19.1 Å². The Labute approximate surface area is 208 Å². The van der Waals surface area contributed by atoms with E-state index in [0.717, 1.165) is 19.5 Å². The monoisotopic (exact) mass is 482 g/mol. The van der Waals surface area contributed by atoms with Crippen molar-refractivity contribution in [3.63, 3.8) is 0 Å². The van der Waals surface area contributed by atoms with Crippen molar-refractivity contribution in [2.75, 3.05) is 39.2 Å². The SMILES string of the molecule is CCCC(=O)Nc1ccc2c(c1)OC[C@H](C)N(Cc1ccncc1)C[C@@H](C)[C@@H](OC)CN(C)C2=O. The molecule has 2 amide bonds. The van der Waals surface area contributed by atoms with E-state index < -0.39 is 0 Å². The summed E-state index contributed by atoms with van der Waals surface area (Å²) in [5, 5.41) is 2.90. The van der Waals surface area contributed by atoms with E-state index in [1.54, 1.807) is 49.7 Å². The van der Waals surface area contributed by atoms with Crippen LogP contribution >= 0.6 is 0 Å². The Morgan fingerprint density at radius 2 is 1.94 bits per heavy atom. The zero-order chi connectivity index (χ0) is 25.4. The second-order valence-electron chi connectivity index (χ2n) is 9.39. The molecule has 8 heteroatoms. The lowest BCUT2D eigenvalue weighted by molar-refractivity contribution is -0.116. The molecule has 1 aromatic carbocycles. The Kier molecular flexibility index (Phi) is 9.63. The molecule has 0 saturated heterocycles. The molecule has 0 saturated carbocycles. The first-order valence-corrected chi connectivity index (χ1v) is 12.3. The lowest BCUT2D eigenvalue weighted by atomic mass is 10.0. The molecule has 0 bridgehead atoms. The maximum atomic E-state index is 13.3. The highest BCUT2D eigenvalue weighted by Gasteiger charge is 2.28. The van der Waals surface area contributed by atoms with Gasteiger partial charge < -0.3 is 19.7 Å². The first kappa shape index (κ1) is 26.6. The van der Waals surface area contributed by atoms with Crippen molar-refractivity contribution in [1.82, 2.24) is 14.8 Å². The first-order valence-electron chi connectivity index (χ1n) is 12.3. The number of hydrogen-bond donors (Lipinski definition) is 1. The summed E-state index contributed by atoms with van der Waals surface area (Å²) in [5.74, 6) is 0.462. The Morgan fingerprint density at radius 1 is 1.20 bits per heavy atom. The number of carbonyl (C=O) groups is 2. The predicted octanol–water partition coefficient (Wildman–Crippen LogP) is 3.83. The number of ether oxygens (including phenoxy) is 2. The molecule has 0 aliphatic carbocycles. The number of nitrogens with zero attached hydrogens (tertiary/aromatic N) is 3. The molecule has 2 heterocycles. The van der Waals surface area contributed by atoms with E-state index in [2.05, 4.69) is 29.0 Å². The van der Waals surface area contributed by atoms with E-state index in [9.17, 15) is 9.59 Å². The summed E-state index contributed by atoms with van der Waals surface area (Å²) in [6.07, 6.45) is 4.70. The fourth-order valence-corrected chi connectivity index (χ4v) is 4.32. The van der Waals surface area contributed by atoms with Crippen LogP contribution in [0.25, 0.3) is 0 Å². The molecular weight excluding hydrogens is 444 g/mol. The minimum atomic E-state index is -0.137. The Balaban J connectivity index is 1.92. The molecule has 3 rings (SSSR count). The van der Waals surface area contributed by atoms with Gasteiger partial charge in [-0.1, -0.05) is 13.8 Å². The maximum Gasteiger partial charge on any atom is 0.257 e. The van der Waals surface area contributed by atoms with Crippen LogP contribution in [0.5, 0.6) is 5.75 Å². The van der Waals surface area contributed by atoms with Gasteiger partial charge in [0, 0.05) is 70.4 Å². The number of aromatic nitrogens is 1. The van der Waals surface area contributed by atoms with E-state index in [1.807, 2.05) is 19.1 Å². The maximum absolute atomic E-state index is 13.3. The van der Waals surface area contributed by atoms with Gasteiger partial charge in [-0.3, -0.25) is 19.5 Å². The number of anilines is 1. The number of carbonyl (C=O) groups excluding carboxylic acids is 2. The summed E-state index contributed by atoms with van der Waals surface area (Å²) in [6.45, 7) is 8.64. The summed E-state index contributed by atoms with van der Waals surface area (Å²) in [4.78, 5) is 33.6. The van der Waals surface area contributed by atoms with Crippen molar-refractivity contribution >= 4 is 17.5 Å². The van der Waals surface area contributed by atoms with Gasteiger partial charge in [0.05, 0.1) is 11.7 Å². The highest BCUT2D eigenvalue weighted by atomic mass is 16.5. The van der Waals surface area contributed by atoms with Crippen LogP contribution in [0.3, 0.4) is 0 Å². The van der Waals surface area contributed by atoms with Crippen LogP contribution in [-0.4, -0.2) is 72.6 Å². The average molecular weight is 483 g/mol. The lowest BCUT2D eigenvalue weighted by Gasteiger charge is -2.36. The molecule has 35 heavy (non-hydrogen) atoms. The molecule has 1 aliphatic heterocycles. The summed E-state index contributed by atoms with van der Waals surface area (Å²) >= 11 is 0. The number of likely N-dealkylation sites (N-methyl/N-ethyl adjacent to an activating group) is 1. The summed E-state index contributed by atoms with van der Waals surface area (Å²) in [7, 11) is 3.48. The fourth-order valence-electron chi connectivity index (χ4n) is 4.32. The number of fused-ring (bicyclic) bond motifs is 1. The van der Waals surface area contributed by atoms with Crippen LogP contribution in [0.15, 0.2) is 42.7 Å². The van der Waals surface area contributed by atoms with Crippen LogP contribution in [0.4, 0.5) is 5.69 Å². The fraction of sp³-hybridized carbons (Fsp3) is 0.519. The molecule has 1 aliphatic rings. The van der Waals surface area contributed by atoms with Gasteiger partial charge in [-0.2, -0.15) is 0 Å². The van der Waals surface area contributed by atoms with Crippen molar-refractivity contribution in [3.8, 4) is 5.75 Å². The van der Waals surface area contributed by atoms with Crippen molar-refractivity contribution in [2.24, 2.45) is 5.92 Å². The van der Waals surface area contributed by atoms with Crippen molar-refractivity contribution in [1.29, 1.82) is 0 Å². The normalized spacial score (nSPS) is 21.9. The zero-order valence-corrected chi connectivity index (χ0v) is 21.5. The van der Waals surface area contributed by atoms with Gasteiger partial charge in [0.15, 0.2) is 0 Å². The van der Waals surface area contributed by atoms with Gasteiger partial charge in [-0.25, -0.2) is 0 Å². The third-order valence-corrected chi connectivity index (χ3v) is 6.47. The number of pyridine rings is 1. The molecule has 1 N–H and O–H groups in total. The van der Waals surface area contributed by atoms with Gasteiger partial charge in [-0.05, 0) is 49.1 Å². The number of benzene rings is 1. The topological polar surface area (TPSA) is 84.0 Å². The number of methoxy groups -OCH3 is 1. The second kappa shape index (κ2) is 12.7. The van der Waals surface area contributed by atoms with Crippen molar-refractivity contribution in [2.45, 2.75) is 52.3 Å². The van der Waals surface area contributed by atoms with E-state index in [0.29, 0.717) is 36.6 Å². The van der Waals surface area contributed by atoms with Gasteiger partial charge in [0.25, 0.3) is 5.91 Å². The van der Waals surface area contributed by atoms with E-state index in [4.69, 9.17) is 9.47 Å². The molecule has 2 aromatic rings. The average Bonchev–Trinajstić information content (AvgIpc) is 2.85. The van der Waals surface area contributed by atoms with Crippen LogP contribution in [0.1, 0.15) is 49.5 Å². The van der Waals surface area contributed by atoms with Gasteiger partial charge in [0.1, 0.15) is 12.4 Å². The highest BCUT2D eigenvalue weighted by molar-refractivity contribution is 5.98. The van der Waals surface area contributed by atoms with Crippen LogP contribution in [-0.2, 0) is 16.1 Å². The standard InChI is InChI=1S/C27H38N4O4/c1-6-7-26(32)29-22-8-9-23-24(14-22)35-18-20(3)31(16-21-10-12-28-13-11-21)15-19(2)25(34-5)17-30(4)27(23)33/h8-14,19-20,25H,6-7,15-18H2,1-5H3,(H,29,32)/t19-,20+,25+/m1/s1. The van der Waals surface area contributed by atoms with Gasteiger partial charge >= 0.3 is 0 Å². The second-order valence-corrected chi connectivity index (χ2v) is 9.39. The molecule has 0 unspecified atom stereocenters. The zero-order valence-electron chi connectivity index (χ0n) is 21.5. The molecule has 1 aromatic heterocycles. The largest absolute Gasteiger partial charge is 0.491 e. The summed E-state index contributed by atoms with van der Waals surface area (Å²) in [5.41, 5.74) is 2.26. The minimum absolute atomic E-state index is 0.0575. The molecular formula is C27H38N4O4. The quantitative estimate of drug-likeness (QED) is 0.674. The minimum Gasteiger partial charge on any atom is -0.491 e. The lowest BCUT2D eigenvalue weighted by Crippen LogP contribution is -2.46. The van der Waals surface area contributed by atoms with E-state index in [-0.39, 0.29) is 29.9 Å². The number of nitrogens with one attached hydrogen (secondary N) is 1. The third-order valence-electron chi connectivity index (χ3n) is 6.47. The van der Waals surface area contributed by atoms with Crippen LogP contribution in [0, 0.1) is 5.92 Å².